The molecule has 0 unspecified atom stereocenters. The predicted molar refractivity (Wildman–Crippen MR) is 103 cm³/mol. The number of aromatic amines is 1. The number of fused-ring (bicyclic) bond motifs is 1. The van der Waals surface area contributed by atoms with Gasteiger partial charge in [-0.15, -0.1) is 0 Å². The molecule has 0 spiro atoms. The summed E-state index contributed by atoms with van der Waals surface area (Å²) in [6, 6.07) is 10.2. The third-order valence-electron chi connectivity index (χ3n) is 4.58. The standard InChI is InChI=1S/C19H20N4O2.O2S/c24-19(17-8-16-11-22-23-18(16)20-10-17)21-9-14-3-1-13(2-4-14)7-15-5-6-25-12-15;1-3-2/h1-4,8,10-11,15H,5-7,9,12H2,(H,21,24)(H,20,22,23);/t15-;/m0./s1. The topological polar surface area (TPSA) is 114 Å². The molecule has 0 radical (unpaired) electrons. The number of amides is 1. The fraction of sp³-hybridized carbons (Fsp3) is 0.316. The average Bonchev–Trinajstić information content (AvgIpc) is 3.39. The summed E-state index contributed by atoms with van der Waals surface area (Å²) < 4.78 is 22.0. The van der Waals surface area contributed by atoms with Gasteiger partial charge in [-0.1, -0.05) is 24.3 Å². The summed E-state index contributed by atoms with van der Waals surface area (Å²) in [4.78, 5) is 16.5. The van der Waals surface area contributed by atoms with Gasteiger partial charge in [0.1, 0.15) is 0 Å². The minimum absolute atomic E-state index is 0.136. The third kappa shape index (κ3) is 5.30. The van der Waals surface area contributed by atoms with Gasteiger partial charge in [-0.2, -0.15) is 13.5 Å². The molecule has 28 heavy (non-hydrogen) atoms. The van der Waals surface area contributed by atoms with Crippen molar-refractivity contribution in [1.29, 1.82) is 0 Å². The molecule has 0 bridgehead atoms. The molecule has 3 heterocycles. The van der Waals surface area contributed by atoms with Crippen molar-refractivity contribution in [1.82, 2.24) is 20.5 Å². The second-order valence-corrected chi connectivity index (χ2v) is 6.67. The van der Waals surface area contributed by atoms with Gasteiger partial charge in [0.2, 0.25) is 0 Å². The van der Waals surface area contributed by atoms with Crippen LogP contribution in [0.1, 0.15) is 27.9 Å². The molecule has 1 atom stereocenters. The van der Waals surface area contributed by atoms with Crippen LogP contribution < -0.4 is 5.32 Å². The van der Waals surface area contributed by atoms with E-state index in [0.717, 1.165) is 37.0 Å². The van der Waals surface area contributed by atoms with Crippen molar-refractivity contribution < 1.29 is 17.9 Å². The Morgan fingerprint density at radius 3 is 2.68 bits per heavy atom. The molecule has 9 heteroatoms. The van der Waals surface area contributed by atoms with Crippen LogP contribution in [0.3, 0.4) is 0 Å². The molecule has 4 rings (SSSR count). The Kier molecular flexibility index (Phi) is 6.99. The van der Waals surface area contributed by atoms with Gasteiger partial charge in [0.25, 0.3) is 5.91 Å². The maximum Gasteiger partial charge on any atom is 0.335 e. The zero-order valence-electron chi connectivity index (χ0n) is 15.1. The van der Waals surface area contributed by atoms with E-state index in [9.17, 15) is 4.79 Å². The minimum Gasteiger partial charge on any atom is -0.381 e. The maximum atomic E-state index is 12.3. The number of aromatic nitrogens is 3. The molecule has 3 aromatic rings. The highest BCUT2D eigenvalue weighted by Gasteiger charge is 2.15. The number of hydrogen-bond donors (Lipinski definition) is 2. The summed E-state index contributed by atoms with van der Waals surface area (Å²) in [7, 11) is 0. The lowest BCUT2D eigenvalue weighted by molar-refractivity contribution is 0.0950. The first kappa shape index (κ1) is 19.8. The van der Waals surface area contributed by atoms with E-state index < -0.39 is 11.6 Å². The van der Waals surface area contributed by atoms with Gasteiger partial charge in [0.05, 0.1) is 11.8 Å². The van der Waals surface area contributed by atoms with Crippen molar-refractivity contribution in [2.45, 2.75) is 19.4 Å². The van der Waals surface area contributed by atoms with E-state index >= 15 is 0 Å². The van der Waals surface area contributed by atoms with Crippen molar-refractivity contribution in [2.24, 2.45) is 5.92 Å². The van der Waals surface area contributed by atoms with E-state index in [1.807, 2.05) is 0 Å². The van der Waals surface area contributed by atoms with Crippen LogP contribution in [0.2, 0.25) is 0 Å². The van der Waals surface area contributed by atoms with Gasteiger partial charge in [-0.05, 0) is 36.0 Å². The van der Waals surface area contributed by atoms with Gasteiger partial charge in [-0.3, -0.25) is 9.89 Å². The van der Waals surface area contributed by atoms with E-state index in [1.54, 1.807) is 18.5 Å². The van der Waals surface area contributed by atoms with E-state index in [0.29, 0.717) is 23.7 Å². The van der Waals surface area contributed by atoms with Crippen LogP contribution in [-0.2, 0) is 29.3 Å². The smallest absolute Gasteiger partial charge is 0.335 e. The molecule has 146 valence electrons. The van der Waals surface area contributed by atoms with Gasteiger partial charge < -0.3 is 10.1 Å². The summed E-state index contributed by atoms with van der Waals surface area (Å²) >= 11 is -0.750. The summed E-state index contributed by atoms with van der Waals surface area (Å²) in [5.74, 6) is 0.499. The molecule has 1 amide bonds. The third-order valence-corrected chi connectivity index (χ3v) is 4.58. The highest BCUT2D eigenvalue weighted by atomic mass is 32.1. The summed E-state index contributed by atoms with van der Waals surface area (Å²) in [6.07, 6.45) is 5.42. The van der Waals surface area contributed by atoms with Crippen molar-refractivity contribution in [2.75, 3.05) is 13.2 Å². The van der Waals surface area contributed by atoms with Crippen molar-refractivity contribution in [3.8, 4) is 0 Å². The van der Waals surface area contributed by atoms with Gasteiger partial charge in [0, 0.05) is 31.3 Å². The Morgan fingerprint density at radius 2 is 1.96 bits per heavy atom. The molecular weight excluding hydrogens is 380 g/mol. The first-order valence-electron chi connectivity index (χ1n) is 8.84. The molecule has 1 aromatic carbocycles. The van der Waals surface area contributed by atoms with Crippen LogP contribution in [0.5, 0.6) is 0 Å². The number of H-pyrrole nitrogens is 1. The Morgan fingerprint density at radius 1 is 1.21 bits per heavy atom. The minimum atomic E-state index is -0.750. The Hall–Kier alpha value is -2.91. The molecule has 1 saturated heterocycles. The van der Waals surface area contributed by atoms with Crippen LogP contribution >= 0.6 is 0 Å². The van der Waals surface area contributed by atoms with Crippen molar-refractivity contribution in [3.05, 3.63) is 59.4 Å². The average molecular weight is 400 g/mol. The van der Waals surface area contributed by atoms with Crippen LogP contribution in [-0.4, -0.2) is 42.7 Å². The molecular formula is C19H20N4O4S. The normalized spacial score (nSPS) is 15.6. The van der Waals surface area contributed by atoms with E-state index in [-0.39, 0.29) is 5.91 Å². The van der Waals surface area contributed by atoms with E-state index in [1.165, 1.54) is 5.56 Å². The van der Waals surface area contributed by atoms with Gasteiger partial charge >= 0.3 is 11.6 Å². The lowest BCUT2D eigenvalue weighted by Gasteiger charge is -2.09. The highest BCUT2D eigenvalue weighted by Crippen LogP contribution is 2.18. The summed E-state index contributed by atoms with van der Waals surface area (Å²) in [6.45, 7) is 2.25. The second kappa shape index (κ2) is 9.86. The SMILES string of the molecule is O=C(NCc1ccc(C[C@@H]2CCOC2)cc1)c1cnc2[nH]ncc2c1.O=S=O. The monoisotopic (exact) mass is 400 g/mol. The number of carbonyl (C=O) groups excluding carboxylic acids is 1. The highest BCUT2D eigenvalue weighted by molar-refractivity contribution is 7.51. The fourth-order valence-corrected chi connectivity index (χ4v) is 3.12. The molecule has 1 aliphatic rings. The molecule has 0 saturated carbocycles. The molecule has 1 aliphatic heterocycles. The predicted octanol–water partition coefficient (Wildman–Crippen LogP) is 1.80. The molecule has 1 fully saturated rings. The quantitative estimate of drug-likeness (QED) is 0.675. The number of carbonyl (C=O) groups is 1. The second-order valence-electron chi connectivity index (χ2n) is 6.53. The zero-order chi connectivity index (χ0) is 19.8. The number of nitrogens with one attached hydrogen (secondary N) is 2. The number of ether oxygens (including phenoxy) is 1. The van der Waals surface area contributed by atoms with Crippen LogP contribution in [0, 0.1) is 5.92 Å². The van der Waals surface area contributed by atoms with Crippen molar-refractivity contribution >= 4 is 28.5 Å². The van der Waals surface area contributed by atoms with Crippen LogP contribution in [0.15, 0.2) is 42.7 Å². The van der Waals surface area contributed by atoms with Crippen LogP contribution in [0.4, 0.5) is 0 Å². The van der Waals surface area contributed by atoms with Crippen molar-refractivity contribution in [3.63, 3.8) is 0 Å². The zero-order valence-corrected chi connectivity index (χ0v) is 15.9. The number of rotatable bonds is 5. The lowest BCUT2D eigenvalue weighted by Crippen LogP contribution is -2.22. The summed E-state index contributed by atoms with van der Waals surface area (Å²) in [5.41, 5.74) is 3.61. The first-order valence-corrected chi connectivity index (χ1v) is 9.51. The Bertz CT molecular complexity index is 961. The Balaban J connectivity index is 0.000000706. The fourth-order valence-electron chi connectivity index (χ4n) is 3.12. The molecule has 2 N–H and O–H groups in total. The van der Waals surface area contributed by atoms with E-state index in [2.05, 4.69) is 44.8 Å². The molecule has 2 aromatic heterocycles. The Labute approximate surface area is 165 Å². The molecule has 0 aliphatic carbocycles. The van der Waals surface area contributed by atoms with Crippen LogP contribution in [0.25, 0.3) is 11.0 Å². The van der Waals surface area contributed by atoms with E-state index in [4.69, 9.17) is 13.2 Å². The first-order chi connectivity index (χ1) is 13.7. The number of nitrogens with zero attached hydrogens (tertiary/aromatic N) is 2. The largest absolute Gasteiger partial charge is 0.381 e. The number of hydrogen-bond acceptors (Lipinski definition) is 6. The number of pyridine rings is 1. The lowest BCUT2D eigenvalue weighted by atomic mass is 9.98. The summed E-state index contributed by atoms with van der Waals surface area (Å²) in [5, 5.41) is 10.4. The van der Waals surface area contributed by atoms with Gasteiger partial charge in [-0.25, -0.2) is 4.98 Å². The number of benzene rings is 1. The molecule has 8 nitrogen and oxygen atoms in total. The van der Waals surface area contributed by atoms with Gasteiger partial charge in [0.15, 0.2) is 5.65 Å². The maximum absolute atomic E-state index is 12.3.